The van der Waals surface area contributed by atoms with Gasteiger partial charge in [0.05, 0.1) is 6.54 Å². The number of hydrogen-bond donors (Lipinski definition) is 1. The van der Waals surface area contributed by atoms with Crippen molar-refractivity contribution in [3.05, 3.63) is 34.9 Å². The van der Waals surface area contributed by atoms with Gasteiger partial charge in [0.1, 0.15) is 0 Å². The summed E-state index contributed by atoms with van der Waals surface area (Å²) < 4.78 is 0. The maximum Gasteiger partial charge on any atom is 0.242 e. The first-order chi connectivity index (χ1) is 16.0. The van der Waals surface area contributed by atoms with Crippen molar-refractivity contribution in [2.45, 2.75) is 45.1 Å². The molecule has 1 aromatic carbocycles. The van der Waals surface area contributed by atoms with E-state index >= 15 is 0 Å². The van der Waals surface area contributed by atoms with Crippen LogP contribution in [-0.2, 0) is 16.1 Å². The van der Waals surface area contributed by atoms with Gasteiger partial charge in [0.2, 0.25) is 11.8 Å². The Labute approximate surface area is 201 Å². The first-order valence-corrected chi connectivity index (χ1v) is 13.3. The third kappa shape index (κ3) is 3.00. The zero-order valence-corrected chi connectivity index (χ0v) is 20.0. The van der Waals surface area contributed by atoms with Crippen LogP contribution in [0, 0.1) is 40.4 Å². The Bertz CT molecular complexity index is 1010. The SMILES string of the molecule is O=C(CC12CC3CC4CC5(C1)C(C2)C3C45)NCC(=O)N1CCN(Cc2ccccc2Cl)CC1. The number of nitrogens with one attached hydrogen (secondary N) is 1. The molecule has 6 fully saturated rings. The van der Waals surface area contributed by atoms with Crippen LogP contribution in [0.25, 0.3) is 0 Å². The number of rotatable bonds is 6. The molecule has 1 spiro atoms. The van der Waals surface area contributed by atoms with Crippen molar-refractivity contribution in [3.63, 3.8) is 0 Å². The molecular formula is C27H34ClN3O2. The standard InChI is InChI=1S/C27H34ClN3O2/c28-21-4-2-1-3-17(21)15-30-5-7-31(8-6-30)23(33)14-29-22(32)13-26-10-18-9-19-11-27(16-26)20(12-26)24(18)25(19)27/h1-4,18-20,24-25H,5-16H2,(H,29,32). The van der Waals surface area contributed by atoms with Gasteiger partial charge in [-0.2, -0.15) is 0 Å². The van der Waals surface area contributed by atoms with Crippen molar-refractivity contribution < 1.29 is 9.59 Å². The maximum absolute atomic E-state index is 12.9. The van der Waals surface area contributed by atoms with E-state index in [4.69, 9.17) is 11.6 Å². The Balaban J connectivity index is 0.890. The van der Waals surface area contributed by atoms with E-state index in [2.05, 4.69) is 16.3 Å². The molecule has 1 heterocycles. The predicted molar refractivity (Wildman–Crippen MR) is 126 cm³/mol. The quantitative estimate of drug-likeness (QED) is 0.696. The highest BCUT2D eigenvalue weighted by Gasteiger charge is 2.82. The van der Waals surface area contributed by atoms with Crippen LogP contribution >= 0.6 is 11.6 Å². The van der Waals surface area contributed by atoms with Crippen LogP contribution in [0.4, 0.5) is 0 Å². The third-order valence-corrected chi connectivity index (χ3v) is 11.1. The second-order valence-corrected chi connectivity index (χ2v) is 12.6. The van der Waals surface area contributed by atoms with Crippen LogP contribution < -0.4 is 5.32 Å². The minimum atomic E-state index is 0.0490. The van der Waals surface area contributed by atoms with Crippen LogP contribution in [0.3, 0.4) is 0 Å². The fourth-order valence-corrected chi connectivity index (χ4v) is 10.0. The number of benzene rings is 1. The monoisotopic (exact) mass is 467 g/mol. The molecule has 33 heavy (non-hydrogen) atoms. The Hall–Kier alpha value is -1.59. The van der Waals surface area contributed by atoms with Crippen LogP contribution in [0.15, 0.2) is 24.3 Å². The van der Waals surface area contributed by atoms with Gasteiger partial charge in [-0.15, -0.1) is 0 Å². The van der Waals surface area contributed by atoms with E-state index in [0.29, 0.717) is 24.9 Å². The number of nitrogens with zero attached hydrogens (tertiary/aromatic N) is 2. The zero-order valence-electron chi connectivity index (χ0n) is 19.3. The molecule has 2 amide bonds. The minimum absolute atomic E-state index is 0.0490. The van der Waals surface area contributed by atoms with Gasteiger partial charge < -0.3 is 10.2 Å². The number of hydrogen-bond acceptors (Lipinski definition) is 3. The summed E-state index contributed by atoms with van der Waals surface area (Å²) in [6.07, 6.45) is 7.40. The lowest BCUT2D eigenvalue weighted by atomic mass is 9.37. The average molecular weight is 468 g/mol. The molecule has 0 radical (unpaired) electrons. The second-order valence-electron chi connectivity index (χ2n) is 12.2. The zero-order chi connectivity index (χ0) is 22.4. The molecule has 1 saturated heterocycles. The van der Waals surface area contributed by atoms with Crippen molar-refractivity contribution >= 4 is 23.4 Å². The number of halogens is 1. The number of piperazine rings is 1. The van der Waals surface area contributed by atoms with E-state index in [0.717, 1.165) is 59.8 Å². The molecule has 1 N–H and O–H groups in total. The molecule has 6 heteroatoms. The lowest BCUT2D eigenvalue weighted by molar-refractivity contribution is -0.195. The molecule has 5 saturated carbocycles. The first-order valence-electron chi connectivity index (χ1n) is 13.0. The Morgan fingerprint density at radius 2 is 1.88 bits per heavy atom. The van der Waals surface area contributed by atoms with Crippen molar-refractivity contribution in [2.75, 3.05) is 32.7 Å². The highest BCUT2D eigenvalue weighted by molar-refractivity contribution is 6.31. The summed E-state index contributed by atoms with van der Waals surface area (Å²) in [6.45, 7) is 4.04. The summed E-state index contributed by atoms with van der Waals surface area (Å²) in [6, 6.07) is 7.95. The Kier molecular flexibility index (Phi) is 4.53. The number of carbonyl (C=O) groups is 2. The van der Waals surface area contributed by atoms with E-state index in [1.807, 2.05) is 23.1 Å². The van der Waals surface area contributed by atoms with Crippen LogP contribution in [0.5, 0.6) is 0 Å². The molecule has 7 atom stereocenters. The van der Waals surface area contributed by atoms with Gasteiger partial charge in [0.25, 0.3) is 0 Å². The van der Waals surface area contributed by atoms with Crippen LogP contribution in [-0.4, -0.2) is 54.3 Å². The summed E-state index contributed by atoms with van der Waals surface area (Å²) in [5, 5.41) is 3.80. The lowest BCUT2D eigenvalue weighted by Crippen LogP contribution is -2.62. The summed E-state index contributed by atoms with van der Waals surface area (Å²) in [4.78, 5) is 29.9. The molecule has 176 valence electrons. The number of amides is 2. The fraction of sp³-hybridized carbons (Fsp3) is 0.704. The molecule has 5 nitrogen and oxygen atoms in total. The van der Waals surface area contributed by atoms with Crippen LogP contribution in [0.2, 0.25) is 5.02 Å². The molecular weight excluding hydrogens is 434 g/mol. The maximum atomic E-state index is 12.9. The highest BCUT2D eigenvalue weighted by Crippen LogP contribution is 2.88. The molecule has 1 aromatic rings. The molecule has 7 rings (SSSR count). The van der Waals surface area contributed by atoms with E-state index in [1.165, 1.54) is 32.1 Å². The van der Waals surface area contributed by atoms with Crippen molar-refractivity contribution in [3.8, 4) is 0 Å². The van der Waals surface area contributed by atoms with Gasteiger partial charge in [0, 0.05) is 44.2 Å². The summed E-state index contributed by atoms with van der Waals surface area (Å²) in [7, 11) is 0. The molecule has 2 bridgehead atoms. The molecule has 7 unspecified atom stereocenters. The summed E-state index contributed by atoms with van der Waals surface area (Å²) in [5.74, 6) is 5.05. The highest BCUT2D eigenvalue weighted by atomic mass is 35.5. The van der Waals surface area contributed by atoms with Crippen molar-refractivity contribution in [1.82, 2.24) is 15.1 Å². The molecule has 1 aliphatic heterocycles. The topological polar surface area (TPSA) is 52.7 Å². The minimum Gasteiger partial charge on any atom is -0.347 e. The molecule has 0 aromatic heterocycles. The molecule has 5 aliphatic carbocycles. The van der Waals surface area contributed by atoms with Gasteiger partial charge in [-0.1, -0.05) is 29.8 Å². The van der Waals surface area contributed by atoms with Crippen LogP contribution in [0.1, 0.15) is 44.1 Å². The third-order valence-electron chi connectivity index (χ3n) is 10.7. The van der Waals surface area contributed by atoms with E-state index in [-0.39, 0.29) is 23.8 Å². The lowest BCUT2D eigenvalue weighted by Gasteiger charge is -2.67. The number of carbonyl (C=O) groups excluding carboxylic acids is 2. The van der Waals surface area contributed by atoms with Crippen molar-refractivity contribution in [1.29, 1.82) is 0 Å². The smallest absolute Gasteiger partial charge is 0.242 e. The average Bonchev–Trinajstić information content (AvgIpc) is 3.14. The summed E-state index contributed by atoms with van der Waals surface area (Å²) >= 11 is 6.29. The van der Waals surface area contributed by atoms with E-state index < -0.39 is 0 Å². The Morgan fingerprint density at radius 3 is 2.70 bits per heavy atom. The van der Waals surface area contributed by atoms with Crippen molar-refractivity contribution in [2.24, 2.45) is 40.4 Å². The number of fused-ring (bicyclic) bond motifs is 1. The summed E-state index contributed by atoms with van der Waals surface area (Å²) in [5.41, 5.74) is 2.01. The van der Waals surface area contributed by atoms with Gasteiger partial charge in [-0.3, -0.25) is 14.5 Å². The fourth-order valence-electron chi connectivity index (χ4n) is 9.82. The Morgan fingerprint density at radius 1 is 1.06 bits per heavy atom. The van der Waals surface area contributed by atoms with E-state index in [1.54, 1.807) is 0 Å². The van der Waals surface area contributed by atoms with Gasteiger partial charge in [-0.05, 0) is 84.2 Å². The van der Waals surface area contributed by atoms with Gasteiger partial charge >= 0.3 is 0 Å². The van der Waals surface area contributed by atoms with E-state index in [9.17, 15) is 9.59 Å². The van der Waals surface area contributed by atoms with Gasteiger partial charge in [0.15, 0.2) is 0 Å². The predicted octanol–water partition coefficient (Wildman–Crippen LogP) is 3.56. The largest absolute Gasteiger partial charge is 0.347 e. The molecule has 6 aliphatic rings. The van der Waals surface area contributed by atoms with Gasteiger partial charge in [-0.25, -0.2) is 0 Å². The first kappa shape index (κ1) is 20.8. The normalized spacial score (nSPS) is 42.0. The second kappa shape index (κ2) is 7.21.